The van der Waals surface area contributed by atoms with Crippen molar-refractivity contribution in [3.8, 4) is 22.5 Å². The van der Waals surface area contributed by atoms with E-state index >= 15 is 0 Å². The molecule has 0 unspecified atom stereocenters. The lowest BCUT2D eigenvalue weighted by Crippen LogP contribution is -2.47. The predicted molar refractivity (Wildman–Crippen MR) is 148 cm³/mol. The third-order valence-corrected chi connectivity index (χ3v) is 8.16. The SMILES string of the molecule is CC(C)CN1CCN(c2ccc(-c3cc4c(cn3)cc(-c3ccc(S(C)(=O)=O)cc3)n4C)cc2)CC1. The van der Waals surface area contributed by atoms with Gasteiger partial charge in [0.1, 0.15) is 0 Å². The smallest absolute Gasteiger partial charge is 0.175 e. The molecule has 0 atom stereocenters. The van der Waals surface area contributed by atoms with Crippen LogP contribution in [0.4, 0.5) is 5.69 Å². The molecule has 0 aliphatic carbocycles. The molecule has 0 amide bonds. The molecule has 0 spiro atoms. The monoisotopic (exact) mass is 502 g/mol. The predicted octanol–water partition coefficient (Wildman–Crippen LogP) is 5.09. The van der Waals surface area contributed by atoms with Crippen molar-refractivity contribution in [1.29, 1.82) is 0 Å². The van der Waals surface area contributed by atoms with Crippen molar-refractivity contribution < 1.29 is 8.42 Å². The third kappa shape index (κ3) is 5.04. The fourth-order valence-corrected chi connectivity index (χ4v) is 5.72. The molecule has 5 rings (SSSR count). The molecule has 6 nitrogen and oxygen atoms in total. The molecule has 36 heavy (non-hydrogen) atoms. The quantitative estimate of drug-likeness (QED) is 0.368. The Bertz CT molecular complexity index is 1460. The van der Waals surface area contributed by atoms with Crippen molar-refractivity contribution in [2.24, 2.45) is 13.0 Å². The lowest BCUT2D eigenvalue weighted by molar-refractivity contribution is 0.231. The second-order valence-corrected chi connectivity index (χ2v) is 12.3. The summed E-state index contributed by atoms with van der Waals surface area (Å²) >= 11 is 0. The minimum atomic E-state index is -3.21. The molecule has 0 bridgehead atoms. The Labute approximate surface area is 214 Å². The Hall–Kier alpha value is -3.16. The summed E-state index contributed by atoms with van der Waals surface area (Å²) in [6.45, 7) is 10.1. The highest BCUT2D eigenvalue weighted by Crippen LogP contribution is 2.31. The minimum Gasteiger partial charge on any atom is -0.369 e. The first-order chi connectivity index (χ1) is 17.2. The number of pyridine rings is 1. The van der Waals surface area contributed by atoms with E-state index in [1.165, 1.54) is 18.5 Å². The van der Waals surface area contributed by atoms with Crippen LogP contribution in [0.15, 0.2) is 71.8 Å². The first kappa shape index (κ1) is 24.5. The van der Waals surface area contributed by atoms with Gasteiger partial charge in [0.15, 0.2) is 9.84 Å². The zero-order valence-corrected chi connectivity index (χ0v) is 22.3. The van der Waals surface area contributed by atoms with Gasteiger partial charge in [0, 0.05) is 74.6 Å². The van der Waals surface area contributed by atoms with E-state index in [9.17, 15) is 8.42 Å². The van der Waals surface area contributed by atoms with Crippen LogP contribution in [-0.4, -0.2) is 61.8 Å². The summed E-state index contributed by atoms with van der Waals surface area (Å²) in [5.41, 5.74) is 6.39. The largest absolute Gasteiger partial charge is 0.369 e. The van der Waals surface area contributed by atoms with Gasteiger partial charge in [-0.05, 0) is 47.9 Å². The number of hydrogen-bond acceptors (Lipinski definition) is 5. The number of nitrogens with zero attached hydrogens (tertiary/aromatic N) is 4. The van der Waals surface area contributed by atoms with Gasteiger partial charge in [0.05, 0.1) is 16.1 Å². The lowest BCUT2D eigenvalue weighted by atomic mass is 10.1. The summed E-state index contributed by atoms with van der Waals surface area (Å²) < 4.78 is 25.7. The van der Waals surface area contributed by atoms with E-state index in [1.807, 2.05) is 25.4 Å². The van der Waals surface area contributed by atoms with Crippen LogP contribution in [0.2, 0.25) is 0 Å². The van der Waals surface area contributed by atoms with Gasteiger partial charge in [0.25, 0.3) is 0 Å². The lowest BCUT2D eigenvalue weighted by Gasteiger charge is -2.36. The summed E-state index contributed by atoms with van der Waals surface area (Å²) in [4.78, 5) is 10.1. The Balaban J connectivity index is 1.35. The van der Waals surface area contributed by atoms with Gasteiger partial charge >= 0.3 is 0 Å². The summed E-state index contributed by atoms with van der Waals surface area (Å²) in [6, 6.07) is 20.0. The summed E-state index contributed by atoms with van der Waals surface area (Å²) in [7, 11) is -1.18. The van der Waals surface area contributed by atoms with E-state index in [-0.39, 0.29) is 0 Å². The maximum atomic E-state index is 11.8. The van der Waals surface area contributed by atoms with E-state index in [4.69, 9.17) is 4.98 Å². The number of piperazine rings is 1. The van der Waals surface area contributed by atoms with E-state index in [0.29, 0.717) is 10.8 Å². The Morgan fingerprint density at radius 1 is 0.889 bits per heavy atom. The number of fused-ring (bicyclic) bond motifs is 1. The van der Waals surface area contributed by atoms with Crippen molar-refractivity contribution in [2.45, 2.75) is 18.7 Å². The van der Waals surface area contributed by atoms with Gasteiger partial charge in [-0.2, -0.15) is 0 Å². The van der Waals surface area contributed by atoms with Crippen LogP contribution in [0.5, 0.6) is 0 Å². The van der Waals surface area contributed by atoms with E-state index in [2.05, 4.69) is 64.6 Å². The molecule has 1 fully saturated rings. The molecule has 0 saturated carbocycles. The van der Waals surface area contributed by atoms with Crippen molar-refractivity contribution in [3.63, 3.8) is 0 Å². The number of hydrogen-bond donors (Lipinski definition) is 0. The molecule has 0 N–H and O–H groups in total. The molecule has 2 aromatic heterocycles. The van der Waals surface area contributed by atoms with Crippen LogP contribution in [-0.2, 0) is 16.9 Å². The summed E-state index contributed by atoms with van der Waals surface area (Å²) in [5, 5.41) is 1.05. The number of anilines is 1. The number of aromatic nitrogens is 2. The minimum absolute atomic E-state index is 0.329. The molecular weight excluding hydrogens is 468 g/mol. The summed E-state index contributed by atoms with van der Waals surface area (Å²) in [5.74, 6) is 0.710. The second-order valence-electron chi connectivity index (χ2n) is 10.2. The second kappa shape index (κ2) is 9.71. The maximum Gasteiger partial charge on any atom is 0.175 e. The zero-order chi connectivity index (χ0) is 25.4. The molecule has 0 radical (unpaired) electrons. The normalized spacial score (nSPS) is 15.2. The molecule has 1 aliphatic rings. The molecular formula is C29H34N4O2S. The molecule has 7 heteroatoms. The molecule has 3 heterocycles. The zero-order valence-electron chi connectivity index (χ0n) is 21.5. The van der Waals surface area contributed by atoms with Crippen LogP contribution < -0.4 is 4.90 Å². The molecule has 4 aromatic rings. The van der Waals surface area contributed by atoms with Crippen molar-refractivity contribution >= 4 is 26.4 Å². The number of sulfone groups is 1. The first-order valence-corrected chi connectivity index (χ1v) is 14.4. The van der Waals surface area contributed by atoms with Crippen molar-refractivity contribution in [3.05, 3.63) is 66.9 Å². The average Bonchev–Trinajstić information content (AvgIpc) is 3.19. The topological polar surface area (TPSA) is 58.4 Å². The van der Waals surface area contributed by atoms with Crippen LogP contribution in [0.25, 0.3) is 33.4 Å². The molecule has 2 aromatic carbocycles. The van der Waals surface area contributed by atoms with Crippen LogP contribution in [0.1, 0.15) is 13.8 Å². The highest BCUT2D eigenvalue weighted by atomic mass is 32.2. The van der Waals surface area contributed by atoms with Crippen molar-refractivity contribution in [2.75, 3.05) is 43.9 Å². The van der Waals surface area contributed by atoms with Gasteiger partial charge in [0.2, 0.25) is 0 Å². The summed E-state index contributed by atoms with van der Waals surface area (Å²) in [6.07, 6.45) is 3.15. The third-order valence-electron chi connectivity index (χ3n) is 7.03. The van der Waals surface area contributed by atoms with Crippen LogP contribution in [0, 0.1) is 5.92 Å². The van der Waals surface area contributed by atoms with Gasteiger partial charge in [-0.15, -0.1) is 0 Å². The van der Waals surface area contributed by atoms with Crippen molar-refractivity contribution in [1.82, 2.24) is 14.5 Å². The Kier molecular flexibility index (Phi) is 6.62. The van der Waals surface area contributed by atoms with Gasteiger partial charge < -0.3 is 9.47 Å². The number of benzene rings is 2. The van der Waals surface area contributed by atoms with E-state index < -0.39 is 9.84 Å². The molecule has 1 saturated heterocycles. The van der Waals surface area contributed by atoms with Gasteiger partial charge in [-0.3, -0.25) is 9.88 Å². The van der Waals surface area contributed by atoms with Gasteiger partial charge in [-0.25, -0.2) is 8.42 Å². The van der Waals surface area contributed by atoms with Crippen LogP contribution >= 0.6 is 0 Å². The Morgan fingerprint density at radius 3 is 2.14 bits per heavy atom. The van der Waals surface area contributed by atoms with E-state index in [0.717, 1.165) is 59.6 Å². The Morgan fingerprint density at radius 2 is 1.53 bits per heavy atom. The first-order valence-electron chi connectivity index (χ1n) is 12.5. The maximum absolute atomic E-state index is 11.8. The molecule has 188 valence electrons. The van der Waals surface area contributed by atoms with Crippen LogP contribution in [0.3, 0.4) is 0 Å². The number of rotatable bonds is 6. The highest BCUT2D eigenvalue weighted by Gasteiger charge is 2.18. The standard InChI is InChI=1S/C29H34N4O2S/c1-21(2)20-32-13-15-33(16-14-32)25-9-5-22(6-10-25)27-18-29-24(19-30-27)17-28(31(29)3)23-7-11-26(12-8-23)36(4,34)35/h5-12,17-19,21H,13-16,20H2,1-4H3. The highest BCUT2D eigenvalue weighted by molar-refractivity contribution is 7.90. The fraction of sp³-hybridized carbons (Fsp3) is 0.345. The number of aryl methyl sites for hydroxylation is 1. The fourth-order valence-electron chi connectivity index (χ4n) is 5.09. The molecule has 1 aliphatic heterocycles. The average molecular weight is 503 g/mol. The van der Waals surface area contributed by atoms with E-state index in [1.54, 1.807) is 12.1 Å². The van der Waals surface area contributed by atoms with Gasteiger partial charge in [-0.1, -0.05) is 38.1 Å².